The van der Waals surface area contributed by atoms with Crippen molar-refractivity contribution in [3.8, 4) is 5.75 Å². The van der Waals surface area contributed by atoms with Crippen LogP contribution in [-0.2, 0) is 5.54 Å². The van der Waals surface area contributed by atoms with Gasteiger partial charge in [-0.3, -0.25) is 9.97 Å². The standard InChI is InChI=1S/C24H28N8O/c1-24(2,26)17-11-27-18(19(28-17)12-7-8-12)13-9-14(10-13)21-30-22-15-5-4-6-16(33-3)20(15)29-23(25)32(22)31-21/h4-6,11-14H,7-10,26H2,1-3H3,(H2,25,29). The smallest absolute Gasteiger partial charge is 0.223 e. The Balaban J connectivity index is 1.31. The second-order valence-electron chi connectivity index (χ2n) is 9.92. The van der Waals surface area contributed by atoms with Gasteiger partial charge in [0.15, 0.2) is 11.5 Å². The minimum Gasteiger partial charge on any atom is -0.494 e. The monoisotopic (exact) mass is 444 g/mol. The van der Waals surface area contributed by atoms with Crippen LogP contribution in [0.5, 0.6) is 5.75 Å². The van der Waals surface area contributed by atoms with Crippen LogP contribution in [0.15, 0.2) is 24.4 Å². The molecule has 2 saturated carbocycles. The third kappa shape index (κ3) is 3.30. The molecule has 2 aliphatic rings. The van der Waals surface area contributed by atoms with Gasteiger partial charge in [0.25, 0.3) is 0 Å². The molecule has 2 aliphatic carbocycles. The number of benzene rings is 1. The zero-order valence-electron chi connectivity index (χ0n) is 19.1. The van der Waals surface area contributed by atoms with Crippen molar-refractivity contribution in [1.29, 1.82) is 0 Å². The first kappa shape index (κ1) is 20.3. The average Bonchev–Trinajstić information content (AvgIpc) is 3.50. The van der Waals surface area contributed by atoms with Crippen LogP contribution >= 0.6 is 0 Å². The number of nitrogen functional groups attached to an aromatic ring is 1. The summed E-state index contributed by atoms with van der Waals surface area (Å²) in [6, 6.07) is 5.77. The summed E-state index contributed by atoms with van der Waals surface area (Å²) in [5.41, 5.74) is 16.5. The Hall–Kier alpha value is -3.33. The molecular weight excluding hydrogens is 416 g/mol. The van der Waals surface area contributed by atoms with E-state index in [0.29, 0.717) is 34.7 Å². The molecule has 9 nitrogen and oxygen atoms in total. The van der Waals surface area contributed by atoms with Gasteiger partial charge in [0.2, 0.25) is 5.95 Å². The summed E-state index contributed by atoms with van der Waals surface area (Å²) >= 11 is 0. The van der Waals surface area contributed by atoms with Gasteiger partial charge in [-0.2, -0.15) is 4.52 Å². The Morgan fingerprint density at radius 3 is 2.52 bits per heavy atom. The number of nitrogens with two attached hydrogens (primary N) is 2. The number of nitrogens with zero attached hydrogens (tertiary/aromatic N) is 6. The summed E-state index contributed by atoms with van der Waals surface area (Å²) in [7, 11) is 1.63. The highest BCUT2D eigenvalue weighted by Gasteiger charge is 2.40. The molecule has 2 fully saturated rings. The molecule has 0 bridgehead atoms. The lowest BCUT2D eigenvalue weighted by Crippen LogP contribution is -2.31. The number of hydrogen-bond acceptors (Lipinski definition) is 8. The minimum absolute atomic E-state index is 0.259. The summed E-state index contributed by atoms with van der Waals surface area (Å²) in [4.78, 5) is 19.2. The van der Waals surface area contributed by atoms with E-state index in [1.54, 1.807) is 11.6 Å². The molecule has 0 aliphatic heterocycles. The van der Waals surface area contributed by atoms with E-state index in [0.717, 1.165) is 41.1 Å². The van der Waals surface area contributed by atoms with Crippen LogP contribution in [0.2, 0.25) is 0 Å². The van der Waals surface area contributed by atoms with Crippen molar-refractivity contribution in [3.05, 3.63) is 47.3 Å². The molecule has 0 atom stereocenters. The van der Waals surface area contributed by atoms with E-state index in [1.165, 1.54) is 12.8 Å². The Morgan fingerprint density at radius 2 is 1.82 bits per heavy atom. The zero-order chi connectivity index (χ0) is 22.9. The van der Waals surface area contributed by atoms with Gasteiger partial charge in [-0.25, -0.2) is 9.97 Å². The molecule has 170 valence electrons. The van der Waals surface area contributed by atoms with Crippen LogP contribution in [0, 0.1) is 0 Å². The highest BCUT2D eigenvalue weighted by atomic mass is 16.5. The van der Waals surface area contributed by atoms with Crippen LogP contribution in [0.25, 0.3) is 16.6 Å². The lowest BCUT2D eigenvalue weighted by Gasteiger charge is -2.34. The van der Waals surface area contributed by atoms with Gasteiger partial charge in [0.05, 0.1) is 35.9 Å². The van der Waals surface area contributed by atoms with Gasteiger partial charge < -0.3 is 16.2 Å². The topological polar surface area (TPSA) is 130 Å². The summed E-state index contributed by atoms with van der Waals surface area (Å²) in [5.74, 6) is 2.93. The maximum Gasteiger partial charge on any atom is 0.223 e. The van der Waals surface area contributed by atoms with Crippen LogP contribution in [0.3, 0.4) is 0 Å². The van der Waals surface area contributed by atoms with E-state index in [2.05, 4.69) is 4.98 Å². The van der Waals surface area contributed by atoms with E-state index in [-0.39, 0.29) is 5.92 Å². The van der Waals surface area contributed by atoms with E-state index in [1.807, 2.05) is 38.2 Å². The molecular formula is C24H28N8O. The maximum atomic E-state index is 6.28. The first-order valence-electron chi connectivity index (χ1n) is 11.5. The van der Waals surface area contributed by atoms with Crippen molar-refractivity contribution in [2.75, 3.05) is 12.8 Å². The van der Waals surface area contributed by atoms with E-state index >= 15 is 0 Å². The summed E-state index contributed by atoms with van der Waals surface area (Å²) in [6.45, 7) is 3.95. The highest BCUT2D eigenvalue weighted by Crippen LogP contribution is 2.50. The molecule has 6 rings (SSSR count). The molecule has 3 heterocycles. The number of fused-ring (bicyclic) bond motifs is 3. The molecule has 1 aromatic carbocycles. The number of methoxy groups -OCH3 is 1. The molecule has 0 amide bonds. The Morgan fingerprint density at radius 1 is 1.03 bits per heavy atom. The Labute approximate surface area is 191 Å². The van der Waals surface area contributed by atoms with Crippen molar-refractivity contribution in [3.63, 3.8) is 0 Å². The number of anilines is 1. The Kier molecular flexibility index (Phi) is 4.35. The lowest BCUT2D eigenvalue weighted by atomic mass is 9.72. The fraction of sp³-hybridized carbons (Fsp3) is 0.458. The van der Waals surface area contributed by atoms with E-state index in [4.69, 9.17) is 36.3 Å². The van der Waals surface area contributed by atoms with Gasteiger partial charge in [-0.05, 0) is 51.7 Å². The second-order valence-corrected chi connectivity index (χ2v) is 9.92. The fourth-order valence-corrected chi connectivity index (χ4v) is 4.73. The van der Waals surface area contributed by atoms with Crippen LogP contribution in [0.4, 0.5) is 5.95 Å². The second kappa shape index (κ2) is 7.08. The largest absolute Gasteiger partial charge is 0.494 e. The predicted molar refractivity (Wildman–Crippen MR) is 125 cm³/mol. The molecule has 0 unspecified atom stereocenters. The van der Waals surface area contributed by atoms with Crippen LogP contribution < -0.4 is 16.2 Å². The zero-order valence-corrected chi connectivity index (χ0v) is 19.1. The summed E-state index contributed by atoms with van der Waals surface area (Å²) in [5, 5.41) is 5.58. The number of ether oxygens (including phenoxy) is 1. The molecule has 3 aromatic heterocycles. The van der Waals surface area contributed by atoms with Crippen LogP contribution in [-0.4, -0.2) is 36.7 Å². The molecule has 4 aromatic rings. The molecule has 0 radical (unpaired) electrons. The normalized spacial score (nSPS) is 20.8. The van der Waals surface area contributed by atoms with Crippen molar-refractivity contribution in [2.24, 2.45) is 5.73 Å². The molecule has 9 heteroatoms. The van der Waals surface area contributed by atoms with Gasteiger partial charge in [-0.15, -0.1) is 5.10 Å². The third-order valence-electron chi connectivity index (χ3n) is 6.87. The van der Waals surface area contributed by atoms with Gasteiger partial charge in [0.1, 0.15) is 11.3 Å². The Bertz CT molecular complexity index is 1380. The highest BCUT2D eigenvalue weighted by molar-refractivity contribution is 5.95. The first-order valence-corrected chi connectivity index (χ1v) is 11.5. The third-order valence-corrected chi connectivity index (χ3v) is 6.87. The summed E-state index contributed by atoms with van der Waals surface area (Å²) < 4.78 is 7.09. The van der Waals surface area contributed by atoms with E-state index < -0.39 is 5.54 Å². The number of hydrogen-bond donors (Lipinski definition) is 2. The lowest BCUT2D eigenvalue weighted by molar-refractivity contribution is 0.328. The molecule has 33 heavy (non-hydrogen) atoms. The van der Waals surface area contributed by atoms with Crippen molar-refractivity contribution >= 4 is 22.5 Å². The van der Waals surface area contributed by atoms with Gasteiger partial charge in [0, 0.05) is 23.1 Å². The van der Waals surface area contributed by atoms with Crippen molar-refractivity contribution < 1.29 is 4.74 Å². The SMILES string of the molecule is COc1cccc2c1nc(N)n1nc(C3CC(c4ncc(C(C)(C)N)nc4C4CC4)C3)nc21. The maximum absolute atomic E-state index is 6.28. The number of para-hydroxylation sites is 1. The van der Waals surface area contributed by atoms with Gasteiger partial charge in [-0.1, -0.05) is 6.07 Å². The fourth-order valence-electron chi connectivity index (χ4n) is 4.73. The van der Waals surface area contributed by atoms with Crippen LogP contribution in [0.1, 0.15) is 80.2 Å². The van der Waals surface area contributed by atoms with Crippen molar-refractivity contribution in [1.82, 2.24) is 29.5 Å². The molecule has 0 spiro atoms. The van der Waals surface area contributed by atoms with Gasteiger partial charge >= 0.3 is 0 Å². The predicted octanol–water partition coefficient (Wildman–Crippen LogP) is 3.39. The molecule has 0 saturated heterocycles. The first-order chi connectivity index (χ1) is 15.8. The van der Waals surface area contributed by atoms with Crippen molar-refractivity contribution in [2.45, 2.75) is 62.8 Å². The number of aromatic nitrogens is 6. The minimum atomic E-state index is -0.489. The average molecular weight is 445 g/mol. The van der Waals surface area contributed by atoms with E-state index in [9.17, 15) is 0 Å². The molecule has 4 N–H and O–H groups in total. The quantitative estimate of drug-likeness (QED) is 0.479. The number of rotatable bonds is 5. The summed E-state index contributed by atoms with van der Waals surface area (Å²) in [6.07, 6.45) is 6.12.